The number of nitrogens with zero attached hydrogens (tertiary/aromatic N) is 4. The van der Waals surface area contributed by atoms with E-state index in [9.17, 15) is 18.0 Å². The zero-order valence-electron chi connectivity index (χ0n) is 17.0. The van der Waals surface area contributed by atoms with Crippen molar-refractivity contribution in [3.63, 3.8) is 0 Å². The maximum atomic E-state index is 13.0. The van der Waals surface area contributed by atoms with Crippen molar-refractivity contribution < 1.29 is 18.0 Å². The number of hydrogen-bond donors (Lipinski definition) is 2. The largest absolute Gasteiger partial charge is 0.417 e. The topological polar surface area (TPSA) is 84.7 Å². The summed E-state index contributed by atoms with van der Waals surface area (Å²) < 4.78 is 41.6. The van der Waals surface area contributed by atoms with Crippen LogP contribution in [-0.4, -0.2) is 32.1 Å². The van der Waals surface area contributed by atoms with Gasteiger partial charge in [-0.2, -0.15) is 13.2 Å². The number of amides is 2. The molecule has 2 N–H and O–H groups in total. The summed E-state index contributed by atoms with van der Waals surface area (Å²) in [6.07, 6.45) is 2.01. The number of carbonyl (C=O) groups is 1. The molecular weight excluding hydrogens is 441 g/mol. The second-order valence-corrected chi connectivity index (χ2v) is 8.02. The lowest BCUT2D eigenvalue weighted by Crippen LogP contribution is -2.30. The van der Waals surface area contributed by atoms with Crippen LogP contribution in [0.1, 0.15) is 18.2 Å². The molecule has 0 aliphatic rings. The summed E-state index contributed by atoms with van der Waals surface area (Å²) in [6, 6.07) is 5.79. The highest BCUT2D eigenvalue weighted by molar-refractivity contribution is 7.22. The molecule has 0 saturated heterocycles. The lowest BCUT2D eigenvalue weighted by Gasteiger charge is -2.08. The zero-order chi connectivity index (χ0) is 22.7. The number of aryl methyl sites for hydroxylation is 1. The highest BCUT2D eigenvalue weighted by Crippen LogP contribution is 2.34. The molecule has 0 spiro atoms. The minimum Gasteiger partial charge on any atom is -0.337 e. The predicted octanol–water partition coefficient (Wildman–Crippen LogP) is 4.96. The molecule has 2 amide bonds. The Morgan fingerprint density at radius 3 is 2.78 bits per heavy atom. The Labute approximate surface area is 185 Å². The number of pyridine rings is 1. The van der Waals surface area contributed by atoms with Crippen molar-refractivity contribution in [2.24, 2.45) is 0 Å². The van der Waals surface area contributed by atoms with Gasteiger partial charge in [-0.3, -0.25) is 10.3 Å². The standard InChI is InChI=1S/C21H19F3N6OS/c1-2-30-11-16(27-12-30)5-6-26-19(31)29-20-28-17-4-3-13(8-18(17)32-20)14-7-15(10-25-9-14)21(22,23)24/h3-4,7-12H,2,5-6H2,1H3,(H2,26,28,29,31). The third kappa shape index (κ3) is 5.05. The van der Waals surface area contributed by atoms with E-state index in [1.165, 1.54) is 17.5 Å². The van der Waals surface area contributed by atoms with Crippen molar-refractivity contribution in [3.8, 4) is 11.1 Å². The molecule has 0 unspecified atom stereocenters. The van der Waals surface area contributed by atoms with Crippen LogP contribution in [0.15, 0.2) is 49.2 Å². The summed E-state index contributed by atoms with van der Waals surface area (Å²) in [4.78, 5) is 24.5. The van der Waals surface area contributed by atoms with Gasteiger partial charge in [0.2, 0.25) is 0 Å². The molecule has 0 atom stereocenters. The molecular formula is C21H19F3N6OS. The van der Waals surface area contributed by atoms with Gasteiger partial charge >= 0.3 is 12.2 Å². The first-order chi connectivity index (χ1) is 15.3. The number of urea groups is 1. The molecule has 3 heterocycles. The molecule has 0 radical (unpaired) electrons. The highest BCUT2D eigenvalue weighted by Gasteiger charge is 2.31. The van der Waals surface area contributed by atoms with Gasteiger partial charge in [0.05, 0.1) is 27.8 Å². The third-order valence-electron chi connectivity index (χ3n) is 4.73. The molecule has 0 fully saturated rings. The van der Waals surface area contributed by atoms with E-state index >= 15 is 0 Å². The number of benzene rings is 1. The summed E-state index contributed by atoms with van der Waals surface area (Å²) in [5.41, 5.74) is 1.66. The van der Waals surface area contributed by atoms with Gasteiger partial charge < -0.3 is 9.88 Å². The van der Waals surface area contributed by atoms with Gasteiger partial charge in [0.1, 0.15) is 0 Å². The number of carbonyl (C=O) groups excluding carboxylic acids is 1. The van der Waals surface area contributed by atoms with E-state index in [0.717, 1.165) is 29.2 Å². The van der Waals surface area contributed by atoms with Crippen LogP contribution in [0.25, 0.3) is 21.3 Å². The molecule has 1 aromatic carbocycles. The van der Waals surface area contributed by atoms with E-state index in [1.807, 2.05) is 17.7 Å². The quantitative estimate of drug-likeness (QED) is 0.426. The molecule has 4 aromatic rings. The second kappa shape index (κ2) is 8.95. The van der Waals surface area contributed by atoms with Crippen LogP contribution < -0.4 is 10.6 Å². The van der Waals surface area contributed by atoms with Crippen molar-refractivity contribution in [2.75, 3.05) is 11.9 Å². The number of aromatic nitrogens is 4. The fourth-order valence-electron chi connectivity index (χ4n) is 3.06. The average Bonchev–Trinajstić information content (AvgIpc) is 3.38. The number of fused-ring (bicyclic) bond motifs is 1. The number of hydrogen-bond acceptors (Lipinski definition) is 5. The Hall–Kier alpha value is -3.47. The van der Waals surface area contributed by atoms with Crippen LogP contribution in [-0.2, 0) is 19.1 Å². The number of thiazole rings is 1. The molecule has 4 rings (SSSR count). The Morgan fingerprint density at radius 1 is 1.19 bits per heavy atom. The maximum Gasteiger partial charge on any atom is 0.417 e. The van der Waals surface area contributed by atoms with Crippen molar-refractivity contribution in [2.45, 2.75) is 26.1 Å². The Bertz CT molecular complexity index is 1250. The number of halogens is 3. The summed E-state index contributed by atoms with van der Waals surface area (Å²) >= 11 is 1.24. The molecule has 3 aromatic heterocycles. The fraction of sp³-hybridized carbons (Fsp3) is 0.238. The van der Waals surface area contributed by atoms with E-state index in [2.05, 4.69) is 25.6 Å². The molecule has 0 aliphatic heterocycles. The first-order valence-electron chi connectivity index (χ1n) is 9.80. The molecule has 166 valence electrons. The minimum absolute atomic E-state index is 0.355. The molecule has 0 aliphatic carbocycles. The number of alkyl halides is 3. The molecule has 0 saturated carbocycles. The highest BCUT2D eigenvalue weighted by atomic mass is 32.1. The average molecular weight is 460 g/mol. The van der Waals surface area contributed by atoms with E-state index in [1.54, 1.807) is 24.5 Å². The smallest absolute Gasteiger partial charge is 0.337 e. The fourth-order valence-corrected chi connectivity index (χ4v) is 3.96. The number of imidazole rings is 1. The van der Waals surface area contributed by atoms with Crippen molar-refractivity contribution in [1.29, 1.82) is 0 Å². The van der Waals surface area contributed by atoms with Gasteiger partial charge in [0.15, 0.2) is 5.13 Å². The van der Waals surface area contributed by atoms with Crippen LogP contribution in [0.2, 0.25) is 0 Å². The summed E-state index contributed by atoms with van der Waals surface area (Å²) in [5.74, 6) is 0. The minimum atomic E-state index is -4.46. The third-order valence-corrected chi connectivity index (χ3v) is 5.66. The SMILES string of the molecule is CCn1cnc(CCNC(=O)Nc2nc3ccc(-c4cncc(C(F)(F)F)c4)cc3s2)c1. The first kappa shape index (κ1) is 21.8. The zero-order valence-corrected chi connectivity index (χ0v) is 17.8. The summed E-state index contributed by atoms with van der Waals surface area (Å²) in [7, 11) is 0. The van der Waals surface area contributed by atoms with Crippen molar-refractivity contribution in [3.05, 3.63) is 60.4 Å². The van der Waals surface area contributed by atoms with Crippen molar-refractivity contribution >= 4 is 32.7 Å². The van der Waals surface area contributed by atoms with Crippen LogP contribution in [0.5, 0.6) is 0 Å². The molecule has 7 nitrogen and oxygen atoms in total. The first-order valence-corrected chi connectivity index (χ1v) is 10.6. The van der Waals surface area contributed by atoms with Gasteiger partial charge in [-0.25, -0.2) is 14.8 Å². The number of anilines is 1. The van der Waals surface area contributed by atoms with Gasteiger partial charge in [-0.15, -0.1) is 0 Å². The van der Waals surface area contributed by atoms with Gasteiger partial charge in [0.25, 0.3) is 0 Å². The van der Waals surface area contributed by atoms with Gasteiger partial charge in [0, 0.05) is 43.7 Å². The number of rotatable bonds is 6. The normalized spacial score (nSPS) is 11.6. The predicted molar refractivity (Wildman–Crippen MR) is 116 cm³/mol. The lowest BCUT2D eigenvalue weighted by molar-refractivity contribution is -0.137. The van der Waals surface area contributed by atoms with E-state index in [4.69, 9.17) is 0 Å². The van der Waals surface area contributed by atoms with E-state index in [0.29, 0.717) is 34.7 Å². The van der Waals surface area contributed by atoms with Crippen LogP contribution in [0.4, 0.5) is 23.1 Å². The maximum absolute atomic E-state index is 13.0. The molecule has 0 bridgehead atoms. The summed E-state index contributed by atoms with van der Waals surface area (Å²) in [5, 5.41) is 5.85. The van der Waals surface area contributed by atoms with Crippen molar-refractivity contribution in [1.82, 2.24) is 24.8 Å². The lowest BCUT2D eigenvalue weighted by atomic mass is 10.1. The molecule has 32 heavy (non-hydrogen) atoms. The summed E-state index contributed by atoms with van der Waals surface area (Å²) in [6.45, 7) is 3.28. The monoisotopic (exact) mass is 460 g/mol. The Morgan fingerprint density at radius 2 is 2.03 bits per heavy atom. The van der Waals surface area contributed by atoms with Crippen LogP contribution in [0, 0.1) is 0 Å². The van der Waals surface area contributed by atoms with Gasteiger partial charge in [-0.05, 0) is 30.7 Å². The Kier molecular flexibility index (Phi) is 6.08. The Balaban J connectivity index is 1.41. The van der Waals surface area contributed by atoms with Crippen LogP contribution >= 0.6 is 11.3 Å². The van der Waals surface area contributed by atoms with Gasteiger partial charge in [-0.1, -0.05) is 17.4 Å². The van der Waals surface area contributed by atoms with E-state index < -0.39 is 11.7 Å². The van der Waals surface area contributed by atoms with E-state index in [-0.39, 0.29) is 6.03 Å². The van der Waals surface area contributed by atoms with Crippen LogP contribution in [0.3, 0.4) is 0 Å². The molecule has 11 heteroatoms. The second-order valence-electron chi connectivity index (χ2n) is 6.99. The number of nitrogens with one attached hydrogen (secondary N) is 2.